The molecule has 0 aliphatic rings. The van der Waals surface area contributed by atoms with E-state index < -0.39 is 0 Å². The fourth-order valence-electron chi connectivity index (χ4n) is 3.13. The summed E-state index contributed by atoms with van der Waals surface area (Å²) >= 11 is 6.22. The topological polar surface area (TPSA) is 49.6 Å². The van der Waals surface area contributed by atoms with E-state index in [2.05, 4.69) is 18.0 Å². The number of fused-ring (bicyclic) bond motifs is 1. The van der Waals surface area contributed by atoms with Gasteiger partial charge in [-0.2, -0.15) is 5.26 Å². The van der Waals surface area contributed by atoms with Gasteiger partial charge in [0.25, 0.3) is 0 Å². The molecule has 126 valence electrons. The Balaban J connectivity index is 2.30. The quantitative estimate of drug-likeness (QED) is 0.542. The summed E-state index contributed by atoms with van der Waals surface area (Å²) in [7, 11) is 0. The third-order valence-corrected chi connectivity index (χ3v) is 4.57. The highest BCUT2D eigenvalue weighted by atomic mass is 35.5. The fraction of sp³-hybridized carbons (Fsp3) is 0.286. The number of aryl methyl sites for hydroxylation is 2. The van der Waals surface area contributed by atoms with E-state index in [4.69, 9.17) is 16.6 Å². The van der Waals surface area contributed by atoms with E-state index in [1.807, 2.05) is 37.3 Å². The van der Waals surface area contributed by atoms with Crippen LogP contribution in [-0.4, -0.2) is 9.97 Å². The van der Waals surface area contributed by atoms with Crippen molar-refractivity contribution >= 4 is 22.5 Å². The van der Waals surface area contributed by atoms with Gasteiger partial charge in [0.1, 0.15) is 6.07 Å². The Morgan fingerprint density at radius 3 is 2.72 bits per heavy atom. The third-order valence-electron chi connectivity index (χ3n) is 4.34. The highest BCUT2D eigenvalue weighted by Gasteiger charge is 2.17. The maximum atomic E-state index is 9.88. The van der Waals surface area contributed by atoms with Crippen molar-refractivity contribution < 1.29 is 0 Å². The average molecular weight is 350 g/mol. The van der Waals surface area contributed by atoms with Crippen LogP contribution in [-0.2, 0) is 6.42 Å². The number of rotatable bonds is 5. The van der Waals surface area contributed by atoms with Crippen LogP contribution >= 0.6 is 11.6 Å². The monoisotopic (exact) mass is 349 g/mol. The van der Waals surface area contributed by atoms with Crippen molar-refractivity contribution in [3.63, 3.8) is 0 Å². The number of hydrogen-bond acceptors (Lipinski definition) is 3. The molecule has 0 amide bonds. The zero-order valence-corrected chi connectivity index (χ0v) is 15.3. The molecule has 0 atom stereocenters. The predicted molar refractivity (Wildman–Crippen MR) is 103 cm³/mol. The lowest BCUT2D eigenvalue weighted by molar-refractivity contribution is 0.708. The number of halogens is 1. The number of unbranched alkanes of at least 4 members (excludes halogenated alkanes) is 2. The minimum atomic E-state index is 0.643. The molecule has 1 aromatic carbocycles. The van der Waals surface area contributed by atoms with Crippen LogP contribution in [0.5, 0.6) is 0 Å². The second-order valence-corrected chi connectivity index (χ2v) is 6.66. The Hall–Kier alpha value is -2.44. The molecule has 0 spiro atoms. The summed E-state index contributed by atoms with van der Waals surface area (Å²) in [6.07, 6.45) is 5.90. The first-order chi connectivity index (χ1) is 12.1. The molecule has 3 aromatic rings. The van der Waals surface area contributed by atoms with E-state index in [0.717, 1.165) is 59.1 Å². The average Bonchev–Trinajstić information content (AvgIpc) is 2.61. The molecule has 2 heterocycles. The Morgan fingerprint density at radius 2 is 2.00 bits per heavy atom. The molecular weight excluding hydrogens is 330 g/mol. The van der Waals surface area contributed by atoms with Gasteiger partial charge in [-0.3, -0.25) is 9.97 Å². The fourth-order valence-corrected chi connectivity index (χ4v) is 3.30. The van der Waals surface area contributed by atoms with Crippen LogP contribution in [0, 0.1) is 18.3 Å². The largest absolute Gasteiger partial charge is 0.262 e. The molecule has 0 bridgehead atoms. The number of aromatic nitrogens is 2. The highest BCUT2D eigenvalue weighted by molar-refractivity contribution is 6.31. The lowest BCUT2D eigenvalue weighted by Crippen LogP contribution is -2.01. The molecule has 25 heavy (non-hydrogen) atoms. The minimum Gasteiger partial charge on any atom is -0.262 e. The van der Waals surface area contributed by atoms with Gasteiger partial charge in [-0.15, -0.1) is 0 Å². The number of benzene rings is 1. The summed E-state index contributed by atoms with van der Waals surface area (Å²) in [5, 5.41) is 11.4. The van der Waals surface area contributed by atoms with E-state index in [1.54, 1.807) is 6.20 Å². The van der Waals surface area contributed by atoms with Gasteiger partial charge in [0.05, 0.1) is 16.8 Å². The van der Waals surface area contributed by atoms with Crippen molar-refractivity contribution in [1.29, 1.82) is 5.26 Å². The van der Waals surface area contributed by atoms with E-state index in [1.165, 1.54) is 0 Å². The van der Waals surface area contributed by atoms with Crippen LogP contribution in [0.4, 0.5) is 0 Å². The Bertz CT molecular complexity index is 957. The lowest BCUT2D eigenvalue weighted by atomic mass is 9.93. The van der Waals surface area contributed by atoms with Crippen LogP contribution in [0.1, 0.15) is 43.1 Å². The number of nitrogens with zero attached hydrogens (tertiary/aromatic N) is 3. The van der Waals surface area contributed by atoms with Crippen LogP contribution in [0.25, 0.3) is 22.0 Å². The Morgan fingerprint density at radius 1 is 1.16 bits per heavy atom. The van der Waals surface area contributed by atoms with Crippen molar-refractivity contribution in [2.24, 2.45) is 0 Å². The van der Waals surface area contributed by atoms with Crippen molar-refractivity contribution in [3.05, 3.63) is 58.5 Å². The first-order valence-electron chi connectivity index (χ1n) is 8.59. The van der Waals surface area contributed by atoms with Gasteiger partial charge < -0.3 is 0 Å². The van der Waals surface area contributed by atoms with Crippen molar-refractivity contribution in [1.82, 2.24) is 9.97 Å². The lowest BCUT2D eigenvalue weighted by Gasteiger charge is -2.14. The van der Waals surface area contributed by atoms with Crippen LogP contribution < -0.4 is 0 Å². The molecule has 0 radical (unpaired) electrons. The molecule has 0 saturated heterocycles. The normalized spacial score (nSPS) is 10.8. The number of nitriles is 1. The molecular formula is C21H20ClN3. The van der Waals surface area contributed by atoms with Gasteiger partial charge in [0.15, 0.2) is 0 Å². The van der Waals surface area contributed by atoms with Gasteiger partial charge in [-0.25, -0.2) is 0 Å². The van der Waals surface area contributed by atoms with Gasteiger partial charge in [-0.1, -0.05) is 31.4 Å². The summed E-state index contributed by atoms with van der Waals surface area (Å²) in [5.74, 6) is 0. The summed E-state index contributed by atoms with van der Waals surface area (Å²) in [6, 6.07) is 12.0. The Labute approximate surface area is 153 Å². The van der Waals surface area contributed by atoms with Gasteiger partial charge in [-0.05, 0) is 55.7 Å². The molecule has 0 fully saturated rings. The van der Waals surface area contributed by atoms with E-state index in [9.17, 15) is 5.26 Å². The zero-order chi connectivity index (χ0) is 17.8. The molecule has 0 unspecified atom stereocenters. The first kappa shape index (κ1) is 17.4. The standard InChI is InChI=1S/C21H20ClN3/c1-3-4-5-6-19-18(13-23)21(15-9-10-24-14(2)11-15)17-12-16(22)7-8-20(17)25-19/h7-12H,3-6H2,1-2H3. The Kier molecular flexibility index (Phi) is 5.31. The van der Waals surface area contributed by atoms with Gasteiger partial charge in [0.2, 0.25) is 0 Å². The molecule has 0 N–H and O–H groups in total. The van der Waals surface area contributed by atoms with Crippen molar-refractivity contribution in [2.75, 3.05) is 0 Å². The molecule has 0 aliphatic heterocycles. The minimum absolute atomic E-state index is 0.643. The molecule has 3 nitrogen and oxygen atoms in total. The van der Waals surface area contributed by atoms with E-state index in [-0.39, 0.29) is 0 Å². The molecule has 4 heteroatoms. The predicted octanol–water partition coefficient (Wildman–Crippen LogP) is 5.86. The van der Waals surface area contributed by atoms with Gasteiger partial charge >= 0.3 is 0 Å². The van der Waals surface area contributed by atoms with Crippen LogP contribution in [0.15, 0.2) is 36.5 Å². The molecule has 0 saturated carbocycles. The summed E-state index contributed by atoms with van der Waals surface area (Å²) < 4.78 is 0. The molecule has 0 aliphatic carbocycles. The van der Waals surface area contributed by atoms with Crippen molar-refractivity contribution in [3.8, 4) is 17.2 Å². The van der Waals surface area contributed by atoms with Crippen molar-refractivity contribution in [2.45, 2.75) is 39.5 Å². The number of pyridine rings is 2. The summed E-state index contributed by atoms with van der Waals surface area (Å²) in [6.45, 7) is 4.13. The maximum Gasteiger partial charge on any atom is 0.102 e. The summed E-state index contributed by atoms with van der Waals surface area (Å²) in [4.78, 5) is 9.05. The van der Waals surface area contributed by atoms with E-state index >= 15 is 0 Å². The highest BCUT2D eigenvalue weighted by Crippen LogP contribution is 2.34. The summed E-state index contributed by atoms with van der Waals surface area (Å²) in [5.41, 5.74) is 5.20. The van der Waals surface area contributed by atoms with E-state index in [0.29, 0.717) is 10.6 Å². The smallest absolute Gasteiger partial charge is 0.102 e. The van der Waals surface area contributed by atoms with Gasteiger partial charge in [0, 0.05) is 27.9 Å². The molecule has 3 rings (SSSR count). The second kappa shape index (κ2) is 7.63. The second-order valence-electron chi connectivity index (χ2n) is 6.22. The maximum absolute atomic E-state index is 9.88. The first-order valence-corrected chi connectivity index (χ1v) is 8.97. The molecule has 2 aromatic heterocycles. The third kappa shape index (κ3) is 3.65. The number of hydrogen-bond donors (Lipinski definition) is 0. The van der Waals surface area contributed by atoms with Crippen LogP contribution in [0.2, 0.25) is 5.02 Å². The van der Waals surface area contributed by atoms with Crippen LogP contribution in [0.3, 0.4) is 0 Å². The SMILES string of the molecule is CCCCCc1nc2ccc(Cl)cc2c(-c2ccnc(C)c2)c1C#N. The zero-order valence-electron chi connectivity index (χ0n) is 14.5.